The van der Waals surface area contributed by atoms with Gasteiger partial charge in [0.15, 0.2) is 0 Å². The summed E-state index contributed by atoms with van der Waals surface area (Å²) in [6.07, 6.45) is 2.36. The lowest BCUT2D eigenvalue weighted by Crippen LogP contribution is -2.23. The second-order valence-electron chi connectivity index (χ2n) is 5.37. The van der Waals surface area contributed by atoms with E-state index in [1.54, 1.807) is 0 Å². The molecular formula is C15H25NS. The van der Waals surface area contributed by atoms with Gasteiger partial charge in [-0.1, -0.05) is 33.3 Å². The third kappa shape index (κ3) is 5.05. The Bertz CT molecular complexity index is 361. The van der Waals surface area contributed by atoms with Crippen molar-refractivity contribution >= 4 is 17.4 Å². The average molecular weight is 251 g/mol. The second kappa shape index (κ2) is 6.97. The van der Waals surface area contributed by atoms with E-state index in [4.69, 9.17) is 0 Å². The number of nitrogens with one attached hydrogen (secondary N) is 1. The summed E-state index contributed by atoms with van der Waals surface area (Å²) < 4.78 is 0. The van der Waals surface area contributed by atoms with Crippen molar-refractivity contribution in [1.29, 1.82) is 0 Å². The lowest BCUT2D eigenvalue weighted by Gasteiger charge is -2.14. The summed E-state index contributed by atoms with van der Waals surface area (Å²) >= 11 is 1.83. The summed E-state index contributed by atoms with van der Waals surface area (Å²) in [5.41, 5.74) is 2.88. The molecule has 0 fully saturated rings. The van der Waals surface area contributed by atoms with Crippen molar-refractivity contribution in [3.05, 3.63) is 27.5 Å². The Morgan fingerprint density at radius 3 is 2.53 bits per heavy atom. The molecule has 0 unspecified atom stereocenters. The molecule has 0 amide bonds. The molecule has 1 N–H and O–H groups in total. The highest BCUT2D eigenvalue weighted by atomic mass is 32.1. The molecular weight excluding hydrogens is 226 g/mol. The van der Waals surface area contributed by atoms with Crippen LogP contribution in [-0.2, 0) is 0 Å². The monoisotopic (exact) mass is 251 g/mol. The zero-order chi connectivity index (χ0) is 12.8. The molecule has 0 aliphatic carbocycles. The van der Waals surface area contributed by atoms with Crippen molar-refractivity contribution < 1.29 is 0 Å². The predicted molar refractivity (Wildman–Crippen MR) is 79.6 cm³/mol. The molecule has 0 aromatic carbocycles. The number of rotatable bonds is 6. The van der Waals surface area contributed by atoms with Gasteiger partial charge in [0.2, 0.25) is 0 Å². The maximum atomic E-state index is 3.53. The van der Waals surface area contributed by atoms with E-state index in [9.17, 15) is 0 Å². The molecule has 0 saturated heterocycles. The normalized spacial score (nSPS) is 12.8. The van der Waals surface area contributed by atoms with Gasteiger partial charge >= 0.3 is 0 Å². The van der Waals surface area contributed by atoms with E-state index in [0.717, 1.165) is 13.1 Å². The van der Waals surface area contributed by atoms with Crippen LogP contribution in [0.15, 0.2) is 17.0 Å². The maximum Gasteiger partial charge on any atom is 0.0299 e. The van der Waals surface area contributed by atoms with E-state index in [1.165, 1.54) is 16.0 Å². The van der Waals surface area contributed by atoms with Gasteiger partial charge in [-0.15, -0.1) is 11.3 Å². The molecule has 2 heteroatoms. The topological polar surface area (TPSA) is 12.0 Å². The first kappa shape index (κ1) is 14.5. The van der Waals surface area contributed by atoms with E-state index >= 15 is 0 Å². The van der Waals surface area contributed by atoms with Crippen molar-refractivity contribution in [3.8, 4) is 0 Å². The van der Waals surface area contributed by atoms with Gasteiger partial charge < -0.3 is 5.32 Å². The Labute approximate surface area is 110 Å². The molecule has 1 nitrogen and oxygen atoms in total. The largest absolute Gasteiger partial charge is 0.313 e. The summed E-state index contributed by atoms with van der Waals surface area (Å²) in [5.74, 6) is 1.32. The Morgan fingerprint density at radius 1 is 1.35 bits per heavy atom. The Kier molecular flexibility index (Phi) is 5.93. The molecule has 1 aromatic rings. The van der Waals surface area contributed by atoms with Crippen molar-refractivity contribution in [2.45, 2.75) is 34.6 Å². The molecule has 96 valence electrons. The van der Waals surface area contributed by atoms with E-state index < -0.39 is 0 Å². The van der Waals surface area contributed by atoms with Gasteiger partial charge in [-0.3, -0.25) is 0 Å². The highest BCUT2D eigenvalue weighted by Crippen LogP contribution is 2.21. The molecule has 0 radical (unpaired) electrons. The van der Waals surface area contributed by atoms with Crippen molar-refractivity contribution in [2.24, 2.45) is 11.8 Å². The van der Waals surface area contributed by atoms with Gasteiger partial charge in [-0.25, -0.2) is 0 Å². The van der Waals surface area contributed by atoms with Crippen LogP contribution in [0.5, 0.6) is 0 Å². The quantitative estimate of drug-likeness (QED) is 0.793. The van der Waals surface area contributed by atoms with E-state index in [1.807, 2.05) is 11.3 Å². The van der Waals surface area contributed by atoms with Crippen LogP contribution < -0.4 is 5.32 Å². The van der Waals surface area contributed by atoms with E-state index in [0.29, 0.717) is 11.8 Å². The molecule has 0 aliphatic rings. The molecule has 0 bridgehead atoms. The van der Waals surface area contributed by atoms with E-state index in [-0.39, 0.29) is 0 Å². The van der Waals surface area contributed by atoms with Crippen LogP contribution >= 0.6 is 11.3 Å². The van der Waals surface area contributed by atoms with Crippen LogP contribution in [0.25, 0.3) is 6.08 Å². The van der Waals surface area contributed by atoms with Crippen LogP contribution in [0.2, 0.25) is 0 Å². The minimum Gasteiger partial charge on any atom is -0.313 e. The lowest BCUT2D eigenvalue weighted by atomic mass is 10.0. The van der Waals surface area contributed by atoms with Gasteiger partial charge in [0.1, 0.15) is 0 Å². The fraction of sp³-hybridized carbons (Fsp3) is 0.600. The Hall–Kier alpha value is -0.600. The van der Waals surface area contributed by atoms with E-state index in [2.05, 4.69) is 57.5 Å². The summed E-state index contributed by atoms with van der Waals surface area (Å²) in [7, 11) is 0. The zero-order valence-electron chi connectivity index (χ0n) is 11.7. The Morgan fingerprint density at radius 2 is 2.06 bits per heavy atom. The summed E-state index contributed by atoms with van der Waals surface area (Å²) in [6, 6.07) is 2.19. The number of aryl methyl sites for hydroxylation is 1. The molecule has 1 heterocycles. The fourth-order valence-corrected chi connectivity index (χ4v) is 2.52. The number of hydrogen-bond acceptors (Lipinski definition) is 2. The van der Waals surface area contributed by atoms with Gasteiger partial charge in [0.25, 0.3) is 0 Å². The second-order valence-corrected chi connectivity index (χ2v) is 6.31. The third-order valence-electron chi connectivity index (χ3n) is 2.84. The zero-order valence-corrected chi connectivity index (χ0v) is 12.5. The first-order valence-corrected chi connectivity index (χ1v) is 7.34. The van der Waals surface area contributed by atoms with Gasteiger partial charge in [0, 0.05) is 11.4 Å². The predicted octanol–water partition coefficient (Wildman–Crippen LogP) is 4.34. The van der Waals surface area contributed by atoms with Crippen molar-refractivity contribution in [3.63, 3.8) is 0 Å². The van der Waals surface area contributed by atoms with Gasteiger partial charge in [-0.05, 0) is 48.4 Å². The molecule has 0 aliphatic heterocycles. The van der Waals surface area contributed by atoms with Crippen LogP contribution in [0.3, 0.4) is 0 Å². The molecule has 1 rings (SSSR count). The lowest BCUT2D eigenvalue weighted by molar-refractivity contribution is 0.558. The molecule has 17 heavy (non-hydrogen) atoms. The average Bonchev–Trinajstić information content (AvgIpc) is 2.62. The summed E-state index contributed by atoms with van der Waals surface area (Å²) in [5, 5.41) is 5.70. The SMILES string of the molecule is Cc1ccsc1C=C(CNCC(C)C)C(C)C. The maximum absolute atomic E-state index is 3.53. The smallest absolute Gasteiger partial charge is 0.0299 e. The van der Waals surface area contributed by atoms with Crippen LogP contribution in [-0.4, -0.2) is 13.1 Å². The molecule has 0 saturated carbocycles. The molecule has 1 aromatic heterocycles. The van der Waals surface area contributed by atoms with Gasteiger partial charge in [0.05, 0.1) is 0 Å². The van der Waals surface area contributed by atoms with Crippen LogP contribution in [0.1, 0.15) is 38.1 Å². The van der Waals surface area contributed by atoms with Gasteiger partial charge in [-0.2, -0.15) is 0 Å². The van der Waals surface area contributed by atoms with Crippen molar-refractivity contribution in [1.82, 2.24) is 5.32 Å². The summed E-state index contributed by atoms with van der Waals surface area (Å²) in [4.78, 5) is 1.40. The minimum atomic E-state index is 0.608. The molecule has 0 atom stereocenters. The highest BCUT2D eigenvalue weighted by Gasteiger charge is 2.05. The standard InChI is InChI=1S/C15H25NS/c1-11(2)9-16-10-14(12(3)4)8-15-13(5)6-7-17-15/h6-8,11-12,16H,9-10H2,1-5H3. The van der Waals surface area contributed by atoms with Crippen LogP contribution in [0, 0.1) is 18.8 Å². The summed E-state index contributed by atoms with van der Waals surface area (Å²) in [6.45, 7) is 13.3. The fourth-order valence-electron chi connectivity index (χ4n) is 1.63. The van der Waals surface area contributed by atoms with Crippen molar-refractivity contribution in [2.75, 3.05) is 13.1 Å². The highest BCUT2D eigenvalue weighted by molar-refractivity contribution is 7.11. The number of thiophene rings is 1. The van der Waals surface area contributed by atoms with Crippen LogP contribution in [0.4, 0.5) is 0 Å². The first-order valence-electron chi connectivity index (χ1n) is 6.46. The first-order chi connectivity index (χ1) is 8.00. The Balaban J connectivity index is 2.66. The number of hydrogen-bond donors (Lipinski definition) is 1. The molecule has 0 spiro atoms. The third-order valence-corrected chi connectivity index (χ3v) is 3.81. The minimum absolute atomic E-state index is 0.608.